The smallest absolute Gasteiger partial charge is 0.128 e. The molecule has 1 N–H and O–H groups in total. The molecule has 1 aromatic rings. The van der Waals surface area contributed by atoms with Crippen LogP contribution < -0.4 is 4.74 Å². The van der Waals surface area contributed by atoms with Crippen LogP contribution in [0.3, 0.4) is 0 Å². The van der Waals surface area contributed by atoms with Gasteiger partial charge in [-0.15, -0.1) is 0 Å². The van der Waals surface area contributed by atoms with Gasteiger partial charge in [0.1, 0.15) is 11.5 Å². The lowest BCUT2D eigenvalue weighted by atomic mass is 9.96. The predicted octanol–water partition coefficient (Wildman–Crippen LogP) is 2.59. The summed E-state index contributed by atoms with van der Waals surface area (Å²) in [6.07, 6.45) is 1.70. The zero-order chi connectivity index (χ0) is 13.5. The van der Waals surface area contributed by atoms with Crippen molar-refractivity contribution in [3.05, 3.63) is 23.3 Å². The third kappa shape index (κ3) is 3.74. The maximum Gasteiger partial charge on any atom is 0.128 e. The fourth-order valence-electron chi connectivity index (χ4n) is 1.67. The Hall–Kier alpha value is -1.55. The molecule has 4 nitrogen and oxygen atoms in total. The highest BCUT2D eigenvalue weighted by Crippen LogP contribution is 2.31. The van der Waals surface area contributed by atoms with Crippen LogP contribution in [0.25, 0.3) is 0 Å². The van der Waals surface area contributed by atoms with Gasteiger partial charge in [0.05, 0.1) is 20.3 Å². The Morgan fingerprint density at radius 1 is 1.33 bits per heavy atom. The summed E-state index contributed by atoms with van der Waals surface area (Å²) in [6, 6.07) is 3.53. The summed E-state index contributed by atoms with van der Waals surface area (Å²) in [5, 5.41) is 10.0. The van der Waals surface area contributed by atoms with E-state index < -0.39 is 0 Å². The number of phenolic OH excluding ortho intramolecular Hbond substituents is 1. The minimum Gasteiger partial charge on any atom is -0.507 e. The summed E-state index contributed by atoms with van der Waals surface area (Å²) in [5.74, 6) is 1.14. The molecule has 0 aliphatic heterocycles. The molecule has 0 heterocycles. The zero-order valence-electron chi connectivity index (χ0n) is 11.4. The normalized spacial score (nSPS) is 11.4. The van der Waals surface area contributed by atoms with Crippen molar-refractivity contribution in [1.82, 2.24) is 0 Å². The fourth-order valence-corrected chi connectivity index (χ4v) is 1.67. The van der Waals surface area contributed by atoms with Gasteiger partial charge in [0, 0.05) is 25.0 Å². The first-order valence-corrected chi connectivity index (χ1v) is 5.99. The number of rotatable bonds is 6. The van der Waals surface area contributed by atoms with Crippen molar-refractivity contribution in [2.45, 2.75) is 19.8 Å². The molecule has 0 saturated carbocycles. The van der Waals surface area contributed by atoms with Crippen molar-refractivity contribution in [2.24, 2.45) is 4.99 Å². The summed E-state index contributed by atoms with van der Waals surface area (Å²) in [5.41, 5.74) is 1.77. The highest BCUT2D eigenvalue weighted by Gasteiger charge is 2.12. The molecular formula is C14H21NO3. The van der Waals surface area contributed by atoms with Crippen LogP contribution in [-0.4, -0.2) is 38.7 Å². The second-order valence-electron chi connectivity index (χ2n) is 4.33. The summed E-state index contributed by atoms with van der Waals surface area (Å²) in [6.45, 7) is 5.30. The molecule has 1 aromatic carbocycles. The Morgan fingerprint density at radius 3 is 2.61 bits per heavy atom. The van der Waals surface area contributed by atoms with E-state index in [1.54, 1.807) is 26.5 Å². The summed E-state index contributed by atoms with van der Waals surface area (Å²) in [7, 11) is 3.23. The lowest BCUT2D eigenvalue weighted by Crippen LogP contribution is -1.99. The molecule has 0 saturated heterocycles. The van der Waals surface area contributed by atoms with Crippen molar-refractivity contribution < 1.29 is 14.6 Å². The molecule has 1 rings (SSSR count). The van der Waals surface area contributed by atoms with Gasteiger partial charge in [0.2, 0.25) is 0 Å². The number of benzene rings is 1. The average Bonchev–Trinajstić information content (AvgIpc) is 2.35. The predicted molar refractivity (Wildman–Crippen MR) is 73.1 cm³/mol. The van der Waals surface area contributed by atoms with Crippen LogP contribution in [0.5, 0.6) is 11.5 Å². The number of aliphatic imine (C=N–C) groups is 1. The summed E-state index contributed by atoms with van der Waals surface area (Å²) < 4.78 is 10.1. The van der Waals surface area contributed by atoms with Crippen molar-refractivity contribution >= 4 is 6.21 Å². The van der Waals surface area contributed by atoms with Crippen molar-refractivity contribution in [3.63, 3.8) is 0 Å². The number of phenols is 1. The molecule has 4 heteroatoms. The topological polar surface area (TPSA) is 51.0 Å². The molecule has 18 heavy (non-hydrogen) atoms. The molecule has 0 fully saturated rings. The van der Waals surface area contributed by atoms with Crippen LogP contribution in [0, 0.1) is 0 Å². The van der Waals surface area contributed by atoms with E-state index in [2.05, 4.69) is 18.8 Å². The van der Waals surface area contributed by atoms with Crippen molar-refractivity contribution in [2.75, 3.05) is 27.4 Å². The summed E-state index contributed by atoms with van der Waals surface area (Å²) in [4.78, 5) is 4.24. The standard InChI is InChI=1S/C14H21NO3/c1-10(2)12-7-11(18-4)8-14(16)13(12)9-15-5-6-17-3/h7-10,16H,5-6H2,1-4H3. The maximum atomic E-state index is 10.0. The molecule has 0 unspecified atom stereocenters. The number of nitrogens with zero attached hydrogens (tertiary/aromatic N) is 1. The zero-order valence-corrected chi connectivity index (χ0v) is 11.4. The second-order valence-corrected chi connectivity index (χ2v) is 4.33. The van der Waals surface area contributed by atoms with Crippen LogP contribution in [-0.2, 0) is 4.74 Å². The van der Waals surface area contributed by atoms with Crippen LogP contribution in [0.2, 0.25) is 0 Å². The first-order chi connectivity index (χ1) is 8.60. The van der Waals surface area contributed by atoms with Crippen LogP contribution in [0.15, 0.2) is 17.1 Å². The molecule has 0 aliphatic rings. The van der Waals surface area contributed by atoms with E-state index in [-0.39, 0.29) is 11.7 Å². The Balaban J connectivity index is 3.04. The van der Waals surface area contributed by atoms with E-state index in [0.717, 1.165) is 11.1 Å². The monoisotopic (exact) mass is 251 g/mol. The molecule has 0 amide bonds. The van der Waals surface area contributed by atoms with Gasteiger partial charge in [0.15, 0.2) is 0 Å². The number of methoxy groups -OCH3 is 2. The van der Waals surface area contributed by atoms with Gasteiger partial charge in [-0.2, -0.15) is 0 Å². The van der Waals surface area contributed by atoms with E-state index >= 15 is 0 Å². The fraction of sp³-hybridized carbons (Fsp3) is 0.500. The average molecular weight is 251 g/mol. The lowest BCUT2D eigenvalue weighted by Gasteiger charge is -2.13. The van der Waals surface area contributed by atoms with Crippen molar-refractivity contribution in [3.8, 4) is 11.5 Å². The minimum absolute atomic E-state index is 0.194. The minimum atomic E-state index is 0.194. The number of aromatic hydroxyl groups is 1. The van der Waals surface area contributed by atoms with Gasteiger partial charge in [0.25, 0.3) is 0 Å². The first-order valence-electron chi connectivity index (χ1n) is 5.99. The van der Waals surface area contributed by atoms with Gasteiger partial charge in [-0.1, -0.05) is 13.8 Å². The van der Waals surface area contributed by atoms with E-state index in [9.17, 15) is 5.11 Å². The highest BCUT2D eigenvalue weighted by atomic mass is 16.5. The van der Waals surface area contributed by atoms with Crippen LogP contribution >= 0.6 is 0 Å². The Kier molecular flexibility index (Phi) is 5.65. The molecule has 0 aromatic heterocycles. The molecule has 0 spiro atoms. The lowest BCUT2D eigenvalue weighted by molar-refractivity contribution is 0.208. The van der Waals surface area contributed by atoms with Crippen molar-refractivity contribution in [1.29, 1.82) is 0 Å². The molecule has 100 valence electrons. The molecule has 0 atom stereocenters. The Bertz CT molecular complexity index is 414. The number of ether oxygens (including phenoxy) is 2. The van der Waals surface area contributed by atoms with Crippen LogP contribution in [0.4, 0.5) is 0 Å². The van der Waals surface area contributed by atoms with E-state index in [1.807, 2.05) is 6.07 Å². The quantitative estimate of drug-likeness (QED) is 0.624. The third-order valence-electron chi connectivity index (χ3n) is 2.67. The molecule has 0 aliphatic carbocycles. The Labute approximate surface area is 108 Å². The van der Waals surface area contributed by atoms with Crippen LogP contribution in [0.1, 0.15) is 30.9 Å². The third-order valence-corrected chi connectivity index (χ3v) is 2.67. The Morgan fingerprint density at radius 2 is 2.06 bits per heavy atom. The maximum absolute atomic E-state index is 10.0. The second kappa shape index (κ2) is 7.01. The largest absolute Gasteiger partial charge is 0.507 e. The SMILES string of the molecule is COCCN=Cc1c(O)cc(OC)cc1C(C)C. The summed E-state index contributed by atoms with van der Waals surface area (Å²) >= 11 is 0. The molecular weight excluding hydrogens is 230 g/mol. The van der Waals surface area contributed by atoms with Gasteiger partial charge in [-0.25, -0.2) is 0 Å². The van der Waals surface area contributed by atoms with Gasteiger partial charge in [-0.3, -0.25) is 4.99 Å². The van der Waals surface area contributed by atoms with Gasteiger partial charge < -0.3 is 14.6 Å². The van der Waals surface area contributed by atoms with E-state index in [0.29, 0.717) is 18.9 Å². The van der Waals surface area contributed by atoms with Gasteiger partial charge in [-0.05, 0) is 17.5 Å². The molecule has 0 bridgehead atoms. The highest BCUT2D eigenvalue weighted by molar-refractivity contribution is 5.86. The number of hydrogen-bond acceptors (Lipinski definition) is 4. The first kappa shape index (κ1) is 14.5. The van der Waals surface area contributed by atoms with E-state index in [4.69, 9.17) is 9.47 Å². The molecule has 0 radical (unpaired) electrons. The van der Waals surface area contributed by atoms with Gasteiger partial charge >= 0.3 is 0 Å². The number of hydrogen-bond donors (Lipinski definition) is 1. The van der Waals surface area contributed by atoms with E-state index in [1.165, 1.54) is 0 Å².